The fourth-order valence-corrected chi connectivity index (χ4v) is 5.71. The summed E-state index contributed by atoms with van der Waals surface area (Å²) in [6, 6.07) is 23.9. The van der Waals surface area contributed by atoms with Crippen molar-refractivity contribution in [3.63, 3.8) is 0 Å². The van der Waals surface area contributed by atoms with E-state index in [2.05, 4.69) is 37.0 Å². The summed E-state index contributed by atoms with van der Waals surface area (Å²) in [5.74, 6) is -3.60. The molecule has 0 saturated heterocycles. The van der Waals surface area contributed by atoms with Gasteiger partial charge < -0.3 is 25.4 Å². The van der Waals surface area contributed by atoms with Crippen LogP contribution in [0.1, 0.15) is 37.5 Å². The summed E-state index contributed by atoms with van der Waals surface area (Å²) in [7, 11) is 5.62. The molecule has 18 nitrogen and oxygen atoms in total. The van der Waals surface area contributed by atoms with Gasteiger partial charge in [-0.1, -0.05) is 91.0 Å². The first-order chi connectivity index (χ1) is 28.4. The number of carbonyl (C=O) groups excluding carboxylic acids is 7. The van der Waals surface area contributed by atoms with Crippen molar-refractivity contribution in [2.75, 3.05) is 47.9 Å². The molecule has 0 unspecified atom stereocenters. The van der Waals surface area contributed by atoms with E-state index < -0.39 is 65.3 Å². The zero-order chi connectivity index (χ0) is 44.2. The number of nitrogens with zero attached hydrogens (tertiary/aromatic N) is 3. The van der Waals surface area contributed by atoms with Gasteiger partial charge in [-0.15, -0.1) is 0 Å². The highest BCUT2D eigenvalue weighted by atomic mass is 16.6. The Morgan fingerprint density at radius 1 is 0.517 bits per heavy atom. The minimum Gasteiger partial charge on any atom is -0.468 e. The van der Waals surface area contributed by atoms with E-state index in [-0.39, 0.29) is 38.9 Å². The third-order valence-electron chi connectivity index (χ3n) is 8.42. The normalized spacial score (nSPS) is 12.7. The number of ether oxygens (including phenoxy) is 2. The van der Waals surface area contributed by atoms with Gasteiger partial charge >= 0.3 is 12.1 Å². The van der Waals surface area contributed by atoms with Crippen LogP contribution in [-0.2, 0) is 57.5 Å². The molecular formula is C42H57N9O9. The largest absolute Gasteiger partial charge is 0.468 e. The number of nitrogens with one attached hydrogen (secondary N) is 6. The van der Waals surface area contributed by atoms with Crippen molar-refractivity contribution in [1.82, 2.24) is 47.3 Å². The Morgan fingerprint density at radius 3 is 1.15 bits per heavy atom. The van der Waals surface area contributed by atoms with E-state index in [0.717, 1.165) is 16.7 Å². The first-order valence-corrected chi connectivity index (χ1v) is 19.2. The molecule has 0 heterocycles. The summed E-state index contributed by atoms with van der Waals surface area (Å²) in [6.45, 7) is 4.15. The lowest BCUT2D eigenvalue weighted by atomic mass is 10.1. The highest BCUT2D eigenvalue weighted by Gasteiger charge is 2.28. The van der Waals surface area contributed by atoms with E-state index in [0.29, 0.717) is 0 Å². The average molecular weight is 832 g/mol. The molecule has 3 rings (SSSR count). The molecule has 0 saturated carbocycles. The second-order valence-corrected chi connectivity index (χ2v) is 15.1. The van der Waals surface area contributed by atoms with Crippen LogP contribution in [0, 0.1) is 0 Å². The Morgan fingerprint density at radius 2 is 0.833 bits per heavy atom. The van der Waals surface area contributed by atoms with E-state index in [4.69, 9.17) is 4.74 Å². The van der Waals surface area contributed by atoms with Crippen LogP contribution in [-0.4, -0.2) is 128 Å². The molecule has 6 N–H and O–H groups in total. The Labute approximate surface area is 350 Å². The molecule has 0 fully saturated rings. The molecule has 0 aliphatic heterocycles. The van der Waals surface area contributed by atoms with Gasteiger partial charge in [-0.3, -0.25) is 45.0 Å². The molecule has 0 spiro atoms. The first kappa shape index (κ1) is 48.0. The lowest BCUT2D eigenvalue weighted by Gasteiger charge is -2.27. The molecular weight excluding hydrogens is 775 g/mol. The van der Waals surface area contributed by atoms with Gasteiger partial charge in [-0.2, -0.15) is 0 Å². The maximum atomic E-state index is 13.7. The number of carbonyl (C=O) groups is 7. The monoisotopic (exact) mass is 831 g/mol. The molecule has 0 aliphatic rings. The molecule has 60 heavy (non-hydrogen) atoms. The smallest absolute Gasteiger partial charge is 0.408 e. The number of hydrogen-bond acceptors (Lipinski definition) is 12. The van der Waals surface area contributed by atoms with Crippen molar-refractivity contribution in [1.29, 1.82) is 0 Å². The maximum Gasteiger partial charge on any atom is 0.408 e. The summed E-state index contributed by atoms with van der Waals surface area (Å²) in [4.78, 5) is 91.3. The van der Waals surface area contributed by atoms with E-state index >= 15 is 0 Å². The van der Waals surface area contributed by atoms with Crippen molar-refractivity contribution in [3.05, 3.63) is 108 Å². The molecule has 3 aromatic rings. The zero-order valence-electron chi connectivity index (χ0n) is 35.2. The second kappa shape index (κ2) is 23.9. The SMILES string of the molecule is COC(=O)CN(C)NC(=O)[C@H](Cc1ccccc1)NC(=O)CN(C)NC(=O)[C@H](Cc1ccccc1)NC(=O)CN(C)NC(=O)[C@H](Cc1ccccc1)NC(=O)OC(C)(C)C. The van der Waals surface area contributed by atoms with Crippen molar-refractivity contribution in [2.24, 2.45) is 0 Å². The van der Waals surface area contributed by atoms with Crippen LogP contribution in [0.25, 0.3) is 0 Å². The maximum absolute atomic E-state index is 13.7. The predicted molar refractivity (Wildman–Crippen MR) is 222 cm³/mol. The number of esters is 1. The number of methoxy groups -OCH3 is 1. The van der Waals surface area contributed by atoms with Crippen molar-refractivity contribution in [3.8, 4) is 0 Å². The summed E-state index contributed by atoms with van der Waals surface area (Å²) in [5, 5.41) is 11.7. The quantitative estimate of drug-likeness (QED) is 0.0644. The van der Waals surface area contributed by atoms with Crippen LogP contribution >= 0.6 is 0 Å². The highest BCUT2D eigenvalue weighted by Crippen LogP contribution is 2.10. The molecule has 18 heteroatoms. The Kier molecular flexibility index (Phi) is 19.1. The van der Waals surface area contributed by atoms with Gasteiger partial charge in [-0.05, 0) is 37.5 Å². The van der Waals surface area contributed by atoms with Crippen molar-refractivity contribution < 1.29 is 43.0 Å². The van der Waals surface area contributed by atoms with E-state index in [9.17, 15) is 33.6 Å². The molecule has 0 bridgehead atoms. The van der Waals surface area contributed by atoms with E-state index in [1.165, 1.54) is 43.3 Å². The van der Waals surface area contributed by atoms with Crippen LogP contribution in [0.15, 0.2) is 91.0 Å². The molecule has 0 radical (unpaired) electrons. The minimum absolute atomic E-state index is 0.0892. The van der Waals surface area contributed by atoms with Gasteiger partial charge in [0.15, 0.2) is 0 Å². The van der Waals surface area contributed by atoms with Crippen molar-refractivity contribution in [2.45, 2.75) is 63.8 Å². The first-order valence-electron chi connectivity index (χ1n) is 19.2. The molecule has 3 aromatic carbocycles. The highest BCUT2D eigenvalue weighted by molar-refractivity contribution is 5.90. The van der Waals surface area contributed by atoms with E-state index in [1.807, 2.05) is 42.5 Å². The van der Waals surface area contributed by atoms with Gasteiger partial charge in [0.2, 0.25) is 11.8 Å². The lowest BCUT2D eigenvalue weighted by molar-refractivity contribution is -0.144. The summed E-state index contributed by atoms with van der Waals surface area (Å²) >= 11 is 0. The van der Waals surface area contributed by atoms with Gasteiger partial charge in [0.05, 0.1) is 20.2 Å². The number of likely N-dealkylation sites (N-methyl/N-ethyl adjacent to an activating group) is 3. The number of hydrazine groups is 3. The van der Waals surface area contributed by atoms with Gasteiger partial charge in [-0.25, -0.2) is 19.8 Å². The van der Waals surface area contributed by atoms with Crippen LogP contribution in [0.2, 0.25) is 0 Å². The van der Waals surface area contributed by atoms with Crippen LogP contribution in [0.5, 0.6) is 0 Å². The molecule has 0 aromatic heterocycles. The van der Waals surface area contributed by atoms with Crippen LogP contribution in [0.3, 0.4) is 0 Å². The molecule has 0 aliphatic carbocycles. The minimum atomic E-state index is -1.11. The number of rotatable bonds is 21. The standard InChI is InChI=1S/C42H57N9O9/c1-42(2,3)60-41(58)45-34(25-31-21-15-10-16-22-31)40(57)47-50(5)27-36(53)43-32(23-29-17-11-8-12-18-29)38(55)46-49(4)26-35(52)44-33(24-30-19-13-9-14-20-30)39(56)48-51(6)28-37(54)59-7/h8-22,32-34H,23-28H2,1-7H3,(H,43,53)(H,44,52)(H,45,58)(H,46,55)(H,47,57)(H,48,56)/t32-,33-,34-/m0/s1. The fourth-order valence-electron chi connectivity index (χ4n) is 5.71. The van der Waals surface area contributed by atoms with Crippen LogP contribution < -0.4 is 32.2 Å². The molecule has 324 valence electrons. The summed E-state index contributed by atoms with van der Waals surface area (Å²) < 4.78 is 10.0. The van der Waals surface area contributed by atoms with Gasteiger partial charge in [0, 0.05) is 40.4 Å². The lowest BCUT2D eigenvalue weighted by Crippen LogP contribution is -2.58. The fraction of sp³-hybridized carbons (Fsp3) is 0.405. The Balaban J connectivity index is 1.65. The van der Waals surface area contributed by atoms with Crippen molar-refractivity contribution >= 4 is 41.6 Å². The van der Waals surface area contributed by atoms with Crippen LogP contribution in [0.4, 0.5) is 4.79 Å². The predicted octanol–water partition coefficient (Wildman–Crippen LogP) is 0.639. The number of hydrogen-bond donors (Lipinski definition) is 6. The number of alkyl carbamates (subject to hydrolysis) is 1. The van der Waals surface area contributed by atoms with Gasteiger partial charge in [0.25, 0.3) is 17.7 Å². The number of amides is 6. The van der Waals surface area contributed by atoms with E-state index in [1.54, 1.807) is 69.3 Å². The second-order valence-electron chi connectivity index (χ2n) is 15.1. The average Bonchev–Trinajstić information content (AvgIpc) is 3.17. The molecule has 6 amide bonds. The summed E-state index contributed by atoms with van der Waals surface area (Å²) in [6.07, 6.45) is -0.416. The molecule has 3 atom stereocenters. The Bertz CT molecular complexity index is 1880. The third kappa shape index (κ3) is 18.5. The Hall–Kier alpha value is -6.37. The summed E-state index contributed by atoms with van der Waals surface area (Å²) in [5.41, 5.74) is 9.32. The topological polar surface area (TPSA) is 220 Å². The zero-order valence-corrected chi connectivity index (χ0v) is 35.2. The third-order valence-corrected chi connectivity index (χ3v) is 8.42. The number of benzene rings is 3. The van der Waals surface area contributed by atoms with Gasteiger partial charge in [0.1, 0.15) is 30.3 Å².